The van der Waals surface area contributed by atoms with Gasteiger partial charge in [0.15, 0.2) is 0 Å². The first-order valence-corrected chi connectivity index (χ1v) is 7.52. The smallest absolute Gasteiger partial charge is 0.226 e. The van der Waals surface area contributed by atoms with E-state index in [1.165, 1.54) is 0 Å². The highest BCUT2D eigenvalue weighted by Gasteiger charge is 2.21. The first kappa shape index (κ1) is 13.6. The van der Waals surface area contributed by atoms with Gasteiger partial charge in [0.05, 0.1) is 5.39 Å². The molecular weight excluding hydrogens is 274 g/mol. The van der Waals surface area contributed by atoms with Crippen LogP contribution in [0.4, 0.5) is 5.82 Å². The van der Waals surface area contributed by atoms with Crippen molar-refractivity contribution >= 4 is 28.5 Å². The van der Waals surface area contributed by atoms with Gasteiger partial charge in [0.25, 0.3) is 0 Å². The number of piperidine rings is 1. The van der Waals surface area contributed by atoms with Crippen LogP contribution in [0.1, 0.15) is 26.7 Å². The zero-order chi connectivity index (χ0) is 14.1. The van der Waals surface area contributed by atoms with Crippen LogP contribution in [0.2, 0.25) is 5.28 Å². The van der Waals surface area contributed by atoms with E-state index in [1.54, 1.807) is 0 Å². The second kappa shape index (κ2) is 5.58. The molecule has 5 nitrogen and oxygen atoms in total. The molecule has 0 unspecified atom stereocenters. The second-order valence-corrected chi connectivity index (χ2v) is 5.97. The van der Waals surface area contributed by atoms with Crippen molar-refractivity contribution in [3.8, 4) is 0 Å². The first-order chi connectivity index (χ1) is 9.63. The Morgan fingerprint density at radius 2 is 2.10 bits per heavy atom. The van der Waals surface area contributed by atoms with Gasteiger partial charge in [-0.3, -0.25) is 0 Å². The summed E-state index contributed by atoms with van der Waals surface area (Å²) in [5, 5.41) is 4.81. The number of aromatic nitrogens is 3. The third-order valence-corrected chi connectivity index (χ3v) is 4.16. The average Bonchev–Trinajstić information content (AvgIpc) is 2.87. The Bertz CT molecular complexity index is 586. The topological polar surface area (TPSA) is 56.8 Å². The Hall–Kier alpha value is -1.33. The number of likely N-dealkylation sites (tertiary alicyclic amines) is 1. The fourth-order valence-electron chi connectivity index (χ4n) is 2.78. The van der Waals surface area contributed by atoms with Crippen LogP contribution >= 0.6 is 11.6 Å². The number of nitrogens with zero attached hydrogens (tertiary/aromatic N) is 3. The van der Waals surface area contributed by atoms with Gasteiger partial charge in [0.2, 0.25) is 5.28 Å². The number of nitrogens with one attached hydrogen (secondary N) is 2. The number of aromatic amines is 1. The van der Waals surface area contributed by atoms with Crippen molar-refractivity contribution in [2.75, 3.05) is 18.4 Å². The zero-order valence-corrected chi connectivity index (χ0v) is 12.6. The molecule has 6 heteroatoms. The van der Waals surface area contributed by atoms with Crippen molar-refractivity contribution in [2.45, 2.75) is 38.8 Å². The molecule has 0 bridgehead atoms. The average molecular weight is 294 g/mol. The molecule has 3 rings (SSSR count). The summed E-state index contributed by atoms with van der Waals surface area (Å²) in [4.78, 5) is 14.1. The number of hydrogen-bond donors (Lipinski definition) is 2. The number of anilines is 1. The molecule has 1 aliphatic rings. The molecule has 0 aromatic carbocycles. The van der Waals surface area contributed by atoms with E-state index in [4.69, 9.17) is 11.6 Å². The monoisotopic (exact) mass is 293 g/mol. The molecule has 0 aliphatic carbocycles. The molecule has 1 saturated heterocycles. The van der Waals surface area contributed by atoms with Crippen LogP contribution in [0.25, 0.3) is 11.0 Å². The van der Waals surface area contributed by atoms with Crippen LogP contribution in [0, 0.1) is 0 Å². The van der Waals surface area contributed by atoms with Crippen LogP contribution < -0.4 is 5.32 Å². The minimum Gasteiger partial charge on any atom is -0.367 e. The molecule has 108 valence electrons. The van der Waals surface area contributed by atoms with E-state index in [0.29, 0.717) is 12.1 Å². The highest BCUT2D eigenvalue weighted by atomic mass is 35.5. The Morgan fingerprint density at radius 3 is 2.80 bits per heavy atom. The molecule has 2 aromatic rings. The molecule has 0 radical (unpaired) electrons. The minimum absolute atomic E-state index is 0.280. The van der Waals surface area contributed by atoms with E-state index in [2.05, 4.69) is 39.0 Å². The maximum absolute atomic E-state index is 5.97. The summed E-state index contributed by atoms with van der Waals surface area (Å²) in [5.74, 6) is 0.837. The third kappa shape index (κ3) is 2.74. The Balaban J connectivity index is 1.73. The fourth-order valence-corrected chi connectivity index (χ4v) is 2.95. The van der Waals surface area contributed by atoms with Gasteiger partial charge in [0, 0.05) is 31.4 Å². The molecule has 1 aliphatic heterocycles. The lowest BCUT2D eigenvalue weighted by Gasteiger charge is -2.35. The van der Waals surface area contributed by atoms with Gasteiger partial charge < -0.3 is 15.2 Å². The van der Waals surface area contributed by atoms with Crippen molar-refractivity contribution in [3.63, 3.8) is 0 Å². The number of H-pyrrole nitrogens is 1. The lowest BCUT2D eigenvalue weighted by Crippen LogP contribution is -2.42. The van der Waals surface area contributed by atoms with Crippen LogP contribution in [-0.2, 0) is 0 Å². The summed E-state index contributed by atoms with van der Waals surface area (Å²) in [5.41, 5.74) is 0.784. The molecule has 20 heavy (non-hydrogen) atoms. The van der Waals surface area contributed by atoms with Gasteiger partial charge in [-0.25, -0.2) is 4.98 Å². The second-order valence-electron chi connectivity index (χ2n) is 5.63. The molecule has 2 aromatic heterocycles. The number of fused-ring (bicyclic) bond motifs is 1. The summed E-state index contributed by atoms with van der Waals surface area (Å²) in [6.45, 7) is 6.76. The summed E-state index contributed by atoms with van der Waals surface area (Å²) >= 11 is 5.97. The fraction of sp³-hybridized carbons (Fsp3) is 0.571. The van der Waals surface area contributed by atoms with Gasteiger partial charge in [-0.05, 0) is 44.4 Å². The van der Waals surface area contributed by atoms with Crippen molar-refractivity contribution in [1.29, 1.82) is 0 Å². The summed E-state index contributed by atoms with van der Waals surface area (Å²) in [7, 11) is 0. The molecule has 0 saturated carbocycles. The SMILES string of the molecule is CC(C)N1CCC(Nc2nc(Cl)nc3[nH]ccc23)CC1. The van der Waals surface area contributed by atoms with Gasteiger partial charge >= 0.3 is 0 Å². The van der Waals surface area contributed by atoms with E-state index < -0.39 is 0 Å². The van der Waals surface area contributed by atoms with E-state index in [9.17, 15) is 0 Å². The lowest BCUT2D eigenvalue weighted by atomic mass is 10.0. The molecule has 0 spiro atoms. The largest absolute Gasteiger partial charge is 0.367 e. The zero-order valence-electron chi connectivity index (χ0n) is 11.9. The Morgan fingerprint density at radius 1 is 1.35 bits per heavy atom. The van der Waals surface area contributed by atoms with E-state index in [-0.39, 0.29) is 5.28 Å². The van der Waals surface area contributed by atoms with Crippen LogP contribution in [0.3, 0.4) is 0 Å². The summed E-state index contributed by atoms with van der Waals surface area (Å²) < 4.78 is 0. The van der Waals surface area contributed by atoms with Crippen molar-refractivity contribution < 1.29 is 0 Å². The van der Waals surface area contributed by atoms with Gasteiger partial charge in [-0.2, -0.15) is 4.98 Å². The predicted octanol–water partition coefficient (Wildman–Crippen LogP) is 2.90. The van der Waals surface area contributed by atoms with E-state index >= 15 is 0 Å². The standard InChI is InChI=1S/C14H20ClN5/c1-9(2)20-7-4-10(5-8-20)17-13-11-3-6-16-12(11)18-14(15)19-13/h3,6,9-10H,4-5,7-8H2,1-2H3,(H2,16,17,18,19). The van der Waals surface area contributed by atoms with Crippen molar-refractivity contribution in [2.24, 2.45) is 0 Å². The molecule has 0 atom stereocenters. The van der Waals surface area contributed by atoms with Crippen LogP contribution in [0.15, 0.2) is 12.3 Å². The third-order valence-electron chi connectivity index (χ3n) is 3.99. The number of hydrogen-bond acceptors (Lipinski definition) is 4. The van der Waals surface area contributed by atoms with Gasteiger partial charge in [-0.15, -0.1) is 0 Å². The normalized spacial score (nSPS) is 18.0. The first-order valence-electron chi connectivity index (χ1n) is 7.14. The molecular formula is C14H20ClN5. The van der Waals surface area contributed by atoms with E-state index in [1.807, 2.05) is 12.3 Å². The minimum atomic E-state index is 0.280. The quantitative estimate of drug-likeness (QED) is 0.855. The summed E-state index contributed by atoms with van der Waals surface area (Å²) in [6.07, 6.45) is 4.12. The number of halogens is 1. The number of rotatable bonds is 3. The van der Waals surface area contributed by atoms with Crippen molar-refractivity contribution in [1.82, 2.24) is 19.9 Å². The maximum Gasteiger partial charge on any atom is 0.226 e. The molecule has 1 fully saturated rings. The Labute approximate surface area is 123 Å². The van der Waals surface area contributed by atoms with Crippen molar-refractivity contribution in [3.05, 3.63) is 17.5 Å². The molecule has 0 amide bonds. The molecule has 2 N–H and O–H groups in total. The molecule has 3 heterocycles. The van der Waals surface area contributed by atoms with Crippen LogP contribution in [0.5, 0.6) is 0 Å². The predicted molar refractivity (Wildman–Crippen MR) is 82.3 cm³/mol. The maximum atomic E-state index is 5.97. The van der Waals surface area contributed by atoms with Gasteiger partial charge in [-0.1, -0.05) is 0 Å². The highest BCUT2D eigenvalue weighted by molar-refractivity contribution is 6.28. The summed E-state index contributed by atoms with van der Waals surface area (Å²) in [6, 6.07) is 3.06. The highest BCUT2D eigenvalue weighted by Crippen LogP contribution is 2.24. The van der Waals surface area contributed by atoms with E-state index in [0.717, 1.165) is 42.8 Å². The lowest BCUT2D eigenvalue weighted by molar-refractivity contribution is 0.177. The Kier molecular flexibility index (Phi) is 3.81. The van der Waals surface area contributed by atoms with Crippen LogP contribution in [-0.4, -0.2) is 45.0 Å². The van der Waals surface area contributed by atoms with Gasteiger partial charge in [0.1, 0.15) is 11.5 Å².